The molecule has 1 aliphatic heterocycles. The van der Waals surface area contributed by atoms with E-state index in [1.807, 2.05) is 67.6 Å². The highest BCUT2D eigenvalue weighted by Gasteiger charge is 2.47. The minimum absolute atomic E-state index is 0.316. The fourth-order valence-electron chi connectivity index (χ4n) is 3.04. The van der Waals surface area contributed by atoms with Crippen LogP contribution in [0.15, 0.2) is 73.3 Å². The smallest absolute Gasteiger partial charge is 0.305 e. The van der Waals surface area contributed by atoms with Gasteiger partial charge in [0.25, 0.3) is 0 Å². The maximum atomic E-state index is 6.02. The molecule has 28 heavy (non-hydrogen) atoms. The van der Waals surface area contributed by atoms with Gasteiger partial charge in [-0.25, -0.2) is 0 Å². The normalized spacial score (nSPS) is 24.3. The molecule has 0 N–H and O–H groups in total. The molecule has 5 heteroatoms. The van der Waals surface area contributed by atoms with Crippen molar-refractivity contribution in [1.82, 2.24) is 0 Å². The third-order valence-corrected chi connectivity index (χ3v) is 4.43. The highest BCUT2D eigenvalue weighted by molar-refractivity contribution is 5.14. The molecule has 3 rings (SSSR count). The summed E-state index contributed by atoms with van der Waals surface area (Å²) in [6.45, 7) is 7.89. The van der Waals surface area contributed by atoms with Gasteiger partial charge in [-0.3, -0.25) is 0 Å². The molecule has 150 valence electrons. The van der Waals surface area contributed by atoms with Crippen LogP contribution in [0.4, 0.5) is 0 Å². The van der Waals surface area contributed by atoms with E-state index in [9.17, 15) is 0 Å². The first-order valence-electron chi connectivity index (χ1n) is 9.61. The quantitative estimate of drug-likeness (QED) is 0.546. The van der Waals surface area contributed by atoms with E-state index in [1.54, 1.807) is 0 Å². The van der Waals surface area contributed by atoms with Gasteiger partial charge in [0, 0.05) is 6.61 Å². The summed E-state index contributed by atoms with van der Waals surface area (Å²) in [6.07, 6.45) is 0.908. The summed E-state index contributed by atoms with van der Waals surface area (Å²) < 4.78 is 29.4. The summed E-state index contributed by atoms with van der Waals surface area (Å²) in [7, 11) is 0. The van der Waals surface area contributed by atoms with Crippen LogP contribution in [0.25, 0.3) is 0 Å². The van der Waals surface area contributed by atoms with Crippen LogP contribution in [-0.4, -0.2) is 38.0 Å². The summed E-state index contributed by atoms with van der Waals surface area (Å²) in [5.74, 6) is -1.25. The predicted octanol–water partition coefficient (Wildman–Crippen LogP) is 4.08. The SMILES string of the molecule is C=CC1(OCC)OC(COCc2ccccc2)C(COCc2ccccc2)O1. The van der Waals surface area contributed by atoms with Crippen LogP contribution in [0.2, 0.25) is 0 Å². The second-order valence-corrected chi connectivity index (χ2v) is 6.55. The molecule has 0 aliphatic carbocycles. The summed E-state index contributed by atoms with van der Waals surface area (Å²) in [5.41, 5.74) is 2.22. The van der Waals surface area contributed by atoms with E-state index in [0.717, 1.165) is 11.1 Å². The Bertz CT molecular complexity index is 650. The van der Waals surface area contributed by atoms with Gasteiger partial charge in [-0.15, -0.1) is 0 Å². The lowest BCUT2D eigenvalue weighted by Gasteiger charge is -2.23. The van der Waals surface area contributed by atoms with E-state index < -0.39 is 5.97 Å². The molecule has 2 unspecified atom stereocenters. The zero-order chi connectivity index (χ0) is 19.7. The monoisotopic (exact) mass is 384 g/mol. The Morgan fingerprint density at radius 2 is 1.32 bits per heavy atom. The molecule has 0 bridgehead atoms. The molecule has 0 saturated carbocycles. The van der Waals surface area contributed by atoms with Gasteiger partial charge in [0.15, 0.2) is 0 Å². The van der Waals surface area contributed by atoms with Crippen molar-refractivity contribution >= 4 is 0 Å². The Kier molecular flexibility index (Phi) is 7.77. The second kappa shape index (κ2) is 10.5. The molecule has 2 aromatic carbocycles. The van der Waals surface area contributed by atoms with Crippen molar-refractivity contribution in [1.29, 1.82) is 0 Å². The molecule has 0 spiro atoms. The van der Waals surface area contributed by atoms with Crippen LogP contribution < -0.4 is 0 Å². The standard InChI is InChI=1S/C23H28O5/c1-3-23(26-4-2)27-21(17-24-15-19-11-7-5-8-12-19)22(28-23)18-25-16-20-13-9-6-10-14-20/h3,5-14,21-22H,1,4,15-18H2,2H3. The van der Waals surface area contributed by atoms with Gasteiger partial charge in [-0.1, -0.05) is 67.2 Å². The molecule has 1 heterocycles. The van der Waals surface area contributed by atoms with Crippen molar-refractivity contribution in [2.24, 2.45) is 0 Å². The van der Waals surface area contributed by atoms with Crippen LogP contribution in [0.3, 0.4) is 0 Å². The Morgan fingerprint density at radius 1 is 0.857 bits per heavy atom. The lowest BCUT2D eigenvalue weighted by Crippen LogP contribution is -2.32. The lowest BCUT2D eigenvalue weighted by molar-refractivity contribution is -0.309. The molecule has 5 nitrogen and oxygen atoms in total. The predicted molar refractivity (Wildman–Crippen MR) is 106 cm³/mol. The number of ether oxygens (including phenoxy) is 5. The summed E-state index contributed by atoms with van der Waals surface area (Å²) >= 11 is 0. The summed E-state index contributed by atoms with van der Waals surface area (Å²) in [5, 5.41) is 0. The average Bonchev–Trinajstić information content (AvgIpc) is 3.08. The second-order valence-electron chi connectivity index (χ2n) is 6.55. The average molecular weight is 384 g/mol. The maximum absolute atomic E-state index is 6.02. The van der Waals surface area contributed by atoms with E-state index >= 15 is 0 Å². The first-order valence-corrected chi connectivity index (χ1v) is 9.61. The van der Waals surface area contributed by atoms with Gasteiger partial charge in [-0.2, -0.15) is 0 Å². The van der Waals surface area contributed by atoms with Gasteiger partial charge in [-0.05, 0) is 24.1 Å². The topological polar surface area (TPSA) is 46.2 Å². The number of hydrogen-bond donors (Lipinski definition) is 0. The van der Waals surface area contributed by atoms with Crippen LogP contribution in [0.1, 0.15) is 18.1 Å². The van der Waals surface area contributed by atoms with Crippen LogP contribution in [0, 0.1) is 0 Å². The molecule has 2 aromatic rings. The maximum Gasteiger partial charge on any atom is 0.305 e. The first kappa shape index (κ1) is 20.7. The molecule has 0 aromatic heterocycles. The first-order chi connectivity index (χ1) is 13.7. The fraction of sp³-hybridized carbons (Fsp3) is 0.391. The van der Waals surface area contributed by atoms with E-state index in [4.69, 9.17) is 23.7 Å². The summed E-state index contributed by atoms with van der Waals surface area (Å²) in [4.78, 5) is 0. The molecule has 1 saturated heterocycles. The van der Waals surface area contributed by atoms with Crippen LogP contribution in [0.5, 0.6) is 0 Å². The lowest BCUT2D eigenvalue weighted by atomic mass is 10.2. The Labute approximate surface area is 166 Å². The highest BCUT2D eigenvalue weighted by atomic mass is 16.9. The Morgan fingerprint density at radius 3 is 1.71 bits per heavy atom. The molecule has 1 fully saturated rings. The summed E-state index contributed by atoms with van der Waals surface area (Å²) in [6, 6.07) is 20.1. The van der Waals surface area contributed by atoms with Gasteiger partial charge in [0.1, 0.15) is 12.2 Å². The van der Waals surface area contributed by atoms with Gasteiger partial charge < -0.3 is 23.7 Å². The van der Waals surface area contributed by atoms with Gasteiger partial charge in [0.05, 0.1) is 26.4 Å². The highest BCUT2D eigenvalue weighted by Crippen LogP contribution is 2.32. The molecule has 0 amide bonds. The van der Waals surface area contributed by atoms with Crippen molar-refractivity contribution in [3.05, 3.63) is 84.4 Å². The van der Waals surface area contributed by atoms with Crippen molar-refractivity contribution in [3.63, 3.8) is 0 Å². The van der Waals surface area contributed by atoms with E-state index in [-0.39, 0.29) is 12.2 Å². The molecule has 0 radical (unpaired) electrons. The van der Waals surface area contributed by atoms with Crippen LogP contribution in [-0.2, 0) is 36.9 Å². The minimum Gasteiger partial charge on any atom is -0.374 e. The molecular formula is C23H28O5. The van der Waals surface area contributed by atoms with E-state index in [1.165, 1.54) is 6.08 Å². The van der Waals surface area contributed by atoms with Crippen molar-refractivity contribution in [2.75, 3.05) is 19.8 Å². The van der Waals surface area contributed by atoms with Crippen molar-refractivity contribution in [3.8, 4) is 0 Å². The largest absolute Gasteiger partial charge is 0.374 e. The zero-order valence-corrected chi connectivity index (χ0v) is 16.3. The third-order valence-electron chi connectivity index (χ3n) is 4.43. The zero-order valence-electron chi connectivity index (χ0n) is 16.3. The molecule has 2 atom stereocenters. The fourth-order valence-corrected chi connectivity index (χ4v) is 3.04. The number of rotatable bonds is 11. The molecular weight excluding hydrogens is 356 g/mol. The molecule has 1 aliphatic rings. The Balaban J connectivity index is 1.56. The van der Waals surface area contributed by atoms with Crippen LogP contribution >= 0.6 is 0 Å². The van der Waals surface area contributed by atoms with Gasteiger partial charge in [0.2, 0.25) is 0 Å². The third kappa shape index (κ3) is 5.74. The van der Waals surface area contributed by atoms with E-state index in [2.05, 4.69) is 6.58 Å². The minimum atomic E-state index is -1.25. The number of hydrogen-bond acceptors (Lipinski definition) is 5. The van der Waals surface area contributed by atoms with Gasteiger partial charge >= 0.3 is 5.97 Å². The van der Waals surface area contributed by atoms with Crippen molar-refractivity contribution in [2.45, 2.75) is 38.3 Å². The number of benzene rings is 2. The van der Waals surface area contributed by atoms with E-state index in [0.29, 0.717) is 33.0 Å². The van der Waals surface area contributed by atoms with Crippen molar-refractivity contribution < 1.29 is 23.7 Å². The Hall–Kier alpha value is -2.02.